The van der Waals surface area contributed by atoms with Gasteiger partial charge in [0.15, 0.2) is 0 Å². The molecule has 8 amide bonds. The Labute approximate surface area is 531 Å². The maximum Gasteiger partial charge on any atom is 0.326 e. The number of fused-ring (bicyclic) bond motifs is 4. The number of amides is 8. The van der Waals surface area contributed by atoms with Crippen LogP contribution in [0.1, 0.15) is 96.4 Å². The minimum Gasteiger partial charge on any atom is -0.481 e. The lowest BCUT2D eigenvalue weighted by atomic mass is 9.94. The lowest BCUT2D eigenvalue weighted by Gasteiger charge is -2.31. The van der Waals surface area contributed by atoms with Gasteiger partial charge in [-0.2, -0.15) is 0 Å². The lowest BCUT2D eigenvalue weighted by molar-refractivity contribution is -0.142. The number of rotatable bonds is 32. The first-order valence-electron chi connectivity index (χ1n) is 31.1. The fourth-order valence-electron chi connectivity index (χ4n) is 11.5. The number of carbonyl (C=O) groups is 10. The van der Waals surface area contributed by atoms with E-state index in [1.165, 1.54) is 6.92 Å². The fraction of sp³-hybridized carbons (Fsp3) is 0.382. The molecule has 0 saturated heterocycles. The summed E-state index contributed by atoms with van der Waals surface area (Å²) >= 11 is 0. The average Bonchev–Trinajstić information content (AvgIpc) is 1.75. The van der Waals surface area contributed by atoms with E-state index in [9.17, 15) is 48.6 Å². The topological polar surface area (TPSA) is 371 Å². The van der Waals surface area contributed by atoms with Crippen LogP contribution in [-0.4, -0.2) is 138 Å². The van der Waals surface area contributed by atoms with Crippen molar-refractivity contribution in [1.82, 2.24) is 62.5 Å². The van der Waals surface area contributed by atoms with Crippen LogP contribution < -0.4 is 42.5 Å². The van der Waals surface area contributed by atoms with Gasteiger partial charge in [-0.25, -0.2) is 4.79 Å². The van der Waals surface area contributed by atoms with E-state index in [4.69, 9.17) is 0 Å². The van der Waals surface area contributed by atoms with E-state index in [0.717, 1.165) is 49.2 Å². The lowest BCUT2D eigenvalue weighted by Crippen LogP contribution is -2.62. The molecule has 0 bridgehead atoms. The summed E-state index contributed by atoms with van der Waals surface area (Å²) in [6.45, 7) is 11.7. The number of benzene rings is 4. The van der Waals surface area contributed by atoms with E-state index in [2.05, 4.69) is 62.5 Å². The third kappa shape index (κ3) is 17.2. The predicted octanol–water partition coefficient (Wildman–Crippen LogP) is 5.48. The van der Waals surface area contributed by atoms with E-state index in [-0.39, 0.29) is 38.0 Å². The average molecular weight is 1260 g/mol. The second kappa shape index (κ2) is 31.0. The van der Waals surface area contributed by atoms with Gasteiger partial charge in [0.1, 0.15) is 48.3 Å². The van der Waals surface area contributed by atoms with E-state index in [0.29, 0.717) is 29.5 Å². The van der Waals surface area contributed by atoms with Gasteiger partial charge >= 0.3 is 11.9 Å². The summed E-state index contributed by atoms with van der Waals surface area (Å²) in [6, 6.07) is 18.1. The quantitative estimate of drug-likeness (QED) is 0.0249. The van der Waals surface area contributed by atoms with Crippen LogP contribution in [0.5, 0.6) is 0 Å². The van der Waals surface area contributed by atoms with Crippen molar-refractivity contribution in [3.63, 3.8) is 0 Å². The number of aliphatic carboxylic acids is 2. The number of H-pyrrole nitrogens is 4. The number of hydrogen-bond acceptors (Lipinski definition) is 10. The third-order valence-corrected chi connectivity index (χ3v) is 16.9. The molecule has 4 heterocycles. The molecule has 0 spiro atoms. The number of carboxylic acids is 2. The number of para-hydroxylation sites is 4. The Morgan fingerprint density at radius 3 is 1.02 bits per heavy atom. The van der Waals surface area contributed by atoms with Crippen molar-refractivity contribution in [1.29, 1.82) is 0 Å². The van der Waals surface area contributed by atoms with Crippen LogP contribution in [0.3, 0.4) is 0 Å². The summed E-state index contributed by atoms with van der Waals surface area (Å²) < 4.78 is 0. The molecule has 10 atom stereocenters. The first kappa shape index (κ1) is 67.7. The minimum absolute atomic E-state index is 0.0472. The molecule has 0 unspecified atom stereocenters. The van der Waals surface area contributed by atoms with Gasteiger partial charge in [0.05, 0.1) is 6.42 Å². The number of nitrogens with one attached hydrogen (secondary N) is 12. The molecule has 0 aliphatic heterocycles. The molecule has 0 saturated carbocycles. The second-order valence-corrected chi connectivity index (χ2v) is 24.1. The van der Waals surface area contributed by atoms with Gasteiger partial charge in [0, 0.05) is 101 Å². The zero-order chi connectivity index (χ0) is 66.3. The fourth-order valence-corrected chi connectivity index (χ4v) is 11.5. The smallest absolute Gasteiger partial charge is 0.326 e. The Bertz CT molecular complexity index is 3970. The Morgan fingerprint density at radius 1 is 0.380 bits per heavy atom. The number of carbonyl (C=O) groups excluding carboxylic acids is 8. The molecule has 14 N–H and O–H groups in total. The van der Waals surface area contributed by atoms with Crippen LogP contribution in [0.25, 0.3) is 43.6 Å². The third-order valence-electron chi connectivity index (χ3n) is 16.9. The summed E-state index contributed by atoms with van der Waals surface area (Å²) in [5, 5.41) is 45.3. The number of hydrogen-bond donors (Lipinski definition) is 14. The highest BCUT2D eigenvalue weighted by Gasteiger charge is 2.38. The van der Waals surface area contributed by atoms with Gasteiger partial charge in [0.2, 0.25) is 47.3 Å². The van der Waals surface area contributed by atoms with E-state index >= 15 is 9.59 Å². The molecule has 24 nitrogen and oxygen atoms in total. The predicted molar refractivity (Wildman–Crippen MR) is 347 cm³/mol. The van der Waals surface area contributed by atoms with E-state index in [1.54, 1.807) is 66.3 Å². The highest BCUT2D eigenvalue weighted by Crippen LogP contribution is 2.25. The second-order valence-electron chi connectivity index (χ2n) is 24.1. The van der Waals surface area contributed by atoms with Gasteiger partial charge in [-0.3, -0.25) is 43.2 Å². The van der Waals surface area contributed by atoms with Crippen molar-refractivity contribution in [3.8, 4) is 0 Å². The molecule has 8 rings (SSSR count). The van der Waals surface area contributed by atoms with Crippen LogP contribution >= 0.6 is 0 Å². The first-order chi connectivity index (χ1) is 44.0. The molecular formula is C68H82N12O12. The van der Waals surface area contributed by atoms with Gasteiger partial charge in [0.25, 0.3) is 0 Å². The van der Waals surface area contributed by atoms with Gasteiger partial charge in [-0.1, -0.05) is 127 Å². The number of aromatic amines is 4. The summed E-state index contributed by atoms with van der Waals surface area (Å²) in [5.74, 6) is -10.7. The largest absolute Gasteiger partial charge is 0.481 e. The maximum atomic E-state index is 15.1. The summed E-state index contributed by atoms with van der Waals surface area (Å²) in [5.41, 5.74) is 5.72. The van der Waals surface area contributed by atoms with Crippen LogP contribution in [-0.2, 0) is 73.6 Å². The molecule has 0 aliphatic rings. The van der Waals surface area contributed by atoms with Crippen LogP contribution in [0.2, 0.25) is 0 Å². The van der Waals surface area contributed by atoms with Crippen molar-refractivity contribution < 1.29 is 58.2 Å². The van der Waals surface area contributed by atoms with Crippen LogP contribution in [0.15, 0.2) is 122 Å². The summed E-state index contributed by atoms with van der Waals surface area (Å²) in [6.07, 6.45) is 6.23. The zero-order valence-electron chi connectivity index (χ0n) is 52.5. The zero-order valence-corrected chi connectivity index (χ0v) is 52.5. The minimum atomic E-state index is -1.83. The van der Waals surface area contributed by atoms with Crippen molar-refractivity contribution in [3.05, 3.63) is 144 Å². The Morgan fingerprint density at radius 2 is 0.674 bits per heavy atom. The monoisotopic (exact) mass is 1260 g/mol. The van der Waals surface area contributed by atoms with Crippen LogP contribution in [0, 0.1) is 17.8 Å². The van der Waals surface area contributed by atoms with Crippen molar-refractivity contribution in [2.45, 2.75) is 148 Å². The molecule has 8 aromatic rings. The number of aromatic nitrogens is 4. The molecule has 24 heteroatoms. The Balaban J connectivity index is 1.03. The first-order valence-corrected chi connectivity index (χ1v) is 31.1. The van der Waals surface area contributed by atoms with Gasteiger partial charge < -0.3 is 72.7 Å². The molecular weight excluding hydrogens is 1180 g/mol. The van der Waals surface area contributed by atoms with E-state index in [1.807, 2.05) is 97.1 Å². The molecule has 4 aromatic carbocycles. The summed E-state index contributed by atoms with van der Waals surface area (Å²) in [7, 11) is 0. The van der Waals surface area contributed by atoms with Crippen molar-refractivity contribution >= 4 is 103 Å². The Kier molecular flexibility index (Phi) is 22.8. The maximum absolute atomic E-state index is 15.1. The summed E-state index contributed by atoms with van der Waals surface area (Å²) in [4.78, 5) is 153. The molecule has 92 heavy (non-hydrogen) atoms. The SMILES string of the molecule is CC[C@H](C)[C@H](NC(=O)[C@H](CC(=O)O)NC(=O)[C@H](CC(C)C)NC(=O)[C@@H](Cc1c[nH]c2ccccc12)NC(=O)[C@@H](Cc1c[nH]c2ccccc12)NC(=O)[C@H](Cc1c[nH]c2ccccc12)NC(C)=O)C(=O)N[C@H](C(=O)N[C@@H](Cc1c[nH]c2ccccc12)C(=O)O)[C@@H](C)CC. The van der Waals surface area contributed by atoms with E-state index < -0.39 is 126 Å². The molecule has 486 valence electrons. The van der Waals surface area contributed by atoms with Crippen LogP contribution in [0.4, 0.5) is 0 Å². The number of carboxylic acid groups (broad SMARTS) is 2. The molecule has 0 aliphatic carbocycles. The Hall–Kier alpha value is -10.3. The molecule has 4 aromatic heterocycles. The highest BCUT2D eigenvalue weighted by molar-refractivity contribution is 6.00. The standard InChI is InChI=1S/C68H82N12O12/c1-8-37(5)59(66(89)78-57(68(91)92)30-43-35-72-51-25-17-13-21-47(43)51)80-67(90)60(38(6)9-2)79-65(88)56(31-58(82)83)77-61(84)52(26-36(3)4)74-63(86)54(28-41-33-70-49-23-15-11-19-45(41)49)76-64(87)55(29-42-34-71-50-24-16-12-20-46(42)50)75-62(85)53(73-39(7)81)27-40-32-69-48-22-14-10-18-44(40)48/h10-25,32-38,52-57,59-60,69-72H,8-9,26-31H2,1-7H3,(H,73,81)(H,74,86)(H,75,85)(H,76,87)(H,77,84)(H,78,89)(H,79,88)(H,80,90)(H,82,83)(H,91,92)/t37-,38-,52-,53-,54+,55+,56-,57-,59-,60-/m0/s1. The van der Waals surface area contributed by atoms with Gasteiger partial charge in [-0.05, 0) is 70.7 Å². The molecule has 0 fully saturated rings. The highest BCUT2D eigenvalue weighted by atomic mass is 16.4. The van der Waals surface area contributed by atoms with Crippen molar-refractivity contribution in [2.24, 2.45) is 17.8 Å². The van der Waals surface area contributed by atoms with Crippen molar-refractivity contribution in [2.75, 3.05) is 0 Å². The normalized spacial score (nSPS) is 14.8. The van der Waals surface area contributed by atoms with Gasteiger partial charge in [-0.15, -0.1) is 0 Å². The molecule has 0 radical (unpaired) electrons.